The number of ether oxygens (including phenoxy) is 2. The van der Waals surface area contributed by atoms with Gasteiger partial charge in [-0.2, -0.15) is 0 Å². The summed E-state index contributed by atoms with van der Waals surface area (Å²) >= 11 is 0. The number of rotatable bonds is 6. The van der Waals surface area contributed by atoms with Crippen LogP contribution in [0.3, 0.4) is 0 Å². The molecule has 0 bridgehead atoms. The highest BCUT2D eigenvalue weighted by molar-refractivity contribution is 5.92. The molecule has 8 nitrogen and oxygen atoms in total. The molecule has 144 valence electrons. The van der Waals surface area contributed by atoms with Crippen LogP contribution in [0.1, 0.15) is 12.6 Å². The summed E-state index contributed by atoms with van der Waals surface area (Å²) in [5, 5.41) is 2.82. The van der Waals surface area contributed by atoms with Crippen molar-refractivity contribution in [2.24, 2.45) is 0 Å². The number of hydrogen-bond acceptors (Lipinski definition) is 6. The predicted molar refractivity (Wildman–Crippen MR) is 103 cm³/mol. The lowest BCUT2D eigenvalue weighted by molar-refractivity contribution is -0.116. The summed E-state index contributed by atoms with van der Waals surface area (Å²) in [5.41, 5.74) is 0.947. The second-order valence-electron chi connectivity index (χ2n) is 6.20. The fraction of sp³-hybridized carbons (Fsp3) is 0.421. The molecular weight excluding hydrogens is 348 g/mol. The van der Waals surface area contributed by atoms with Gasteiger partial charge in [-0.15, -0.1) is 0 Å². The van der Waals surface area contributed by atoms with Crippen molar-refractivity contribution >= 4 is 17.5 Å². The molecule has 27 heavy (non-hydrogen) atoms. The van der Waals surface area contributed by atoms with E-state index in [4.69, 9.17) is 9.47 Å². The summed E-state index contributed by atoms with van der Waals surface area (Å²) in [4.78, 5) is 31.6. The Kier molecular flexibility index (Phi) is 6.08. The minimum atomic E-state index is -0.315. The fourth-order valence-corrected chi connectivity index (χ4v) is 2.94. The number of carbonyl (C=O) groups excluding carboxylic acids is 1. The van der Waals surface area contributed by atoms with Crippen molar-refractivity contribution in [3.8, 4) is 5.75 Å². The molecule has 1 N–H and O–H groups in total. The lowest BCUT2D eigenvalue weighted by Gasteiger charge is -2.29. The molecule has 2 heterocycles. The fourth-order valence-electron chi connectivity index (χ4n) is 2.94. The van der Waals surface area contributed by atoms with Crippen LogP contribution in [0.2, 0.25) is 0 Å². The third-order valence-corrected chi connectivity index (χ3v) is 4.17. The first-order chi connectivity index (χ1) is 13.1. The van der Waals surface area contributed by atoms with Gasteiger partial charge in [0.05, 0.1) is 25.5 Å². The highest BCUT2D eigenvalue weighted by Gasteiger charge is 2.19. The maximum atomic E-state index is 12.6. The Bertz CT molecular complexity index is 859. The van der Waals surface area contributed by atoms with Gasteiger partial charge in [-0.3, -0.25) is 14.2 Å². The molecule has 1 fully saturated rings. The Hall–Kier alpha value is -2.87. The third kappa shape index (κ3) is 4.65. The van der Waals surface area contributed by atoms with Crippen LogP contribution in [-0.2, 0) is 16.1 Å². The molecule has 1 amide bonds. The number of para-hydroxylation sites is 2. The highest BCUT2D eigenvalue weighted by Crippen LogP contribution is 2.23. The maximum Gasteiger partial charge on any atom is 0.255 e. The first-order valence-electron chi connectivity index (χ1n) is 9.01. The summed E-state index contributed by atoms with van der Waals surface area (Å²) in [6.07, 6.45) is 0. The van der Waals surface area contributed by atoms with Crippen LogP contribution in [0.5, 0.6) is 5.75 Å². The summed E-state index contributed by atoms with van der Waals surface area (Å²) < 4.78 is 12.3. The predicted octanol–water partition coefficient (Wildman–Crippen LogP) is 1.43. The van der Waals surface area contributed by atoms with Gasteiger partial charge < -0.3 is 19.7 Å². The number of amides is 1. The van der Waals surface area contributed by atoms with E-state index < -0.39 is 0 Å². The van der Waals surface area contributed by atoms with Crippen LogP contribution in [0.15, 0.2) is 35.1 Å². The Morgan fingerprint density at radius 1 is 1.30 bits per heavy atom. The number of hydrogen-bond donors (Lipinski definition) is 1. The zero-order valence-electron chi connectivity index (χ0n) is 15.6. The van der Waals surface area contributed by atoms with Crippen LogP contribution < -0.4 is 20.5 Å². The molecule has 1 aromatic heterocycles. The molecule has 3 rings (SSSR count). The SMILES string of the molecule is CCOc1ccccc1NC(=O)Cn1c(N2CCOCC2)nc(C)cc1=O. The van der Waals surface area contributed by atoms with Gasteiger partial charge >= 0.3 is 0 Å². The number of benzene rings is 1. The Balaban J connectivity index is 1.82. The molecule has 0 spiro atoms. The molecule has 1 aliphatic rings. The van der Waals surface area contributed by atoms with E-state index in [2.05, 4.69) is 10.3 Å². The molecule has 1 aromatic carbocycles. The molecule has 2 aromatic rings. The van der Waals surface area contributed by atoms with Gasteiger partial charge in [0.1, 0.15) is 12.3 Å². The van der Waals surface area contributed by atoms with E-state index in [9.17, 15) is 9.59 Å². The van der Waals surface area contributed by atoms with E-state index in [1.54, 1.807) is 19.1 Å². The van der Waals surface area contributed by atoms with Gasteiger partial charge in [0.15, 0.2) is 0 Å². The summed E-state index contributed by atoms with van der Waals surface area (Å²) in [6, 6.07) is 8.65. The largest absolute Gasteiger partial charge is 0.492 e. The van der Waals surface area contributed by atoms with Crippen LogP contribution in [0.25, 0.3) is 0 Å². The van der Waals surface area contributed by atoms with Crippen LogP contribution in [-0.4, -0.2) is 48.4 Å². The van der Waals surface area contributed by atoms with E-state index >= 15 is 0 Å². The van der Waals surface area contributed by atoms with E-state index in [1.807, 2.05) is 24.0 Å². The quantitative estimate of drug-likeness (QED) is 0.826. The lowest BCUT2D eigenvalue weighted by atomic mass is 10.3. The van der Waals surface area contributed by atoms with E-state index in [-0.39, 0.29) is 18.0 Å². The standard InChI is InChI=1S/C19H24N4O4/c1-3-27-16-7-5-4-6-15(16)21-17(24)13-23-18(25)12-14(2)20-19(23)22-8-10-26-11-9-22/h4-7,12H,3,8-11,13H2,1-2H3,(H,21,24). The second-order valence-corrected chi connectivity index (χ2v) is 6.20. The van der Waals surface area contributed by atoms with E-state index in [1.165, 1.54) is 10.6 Å². The average Bonchev–Trinajstić information content (AvgIpc) is 2.66. The minimum absolute atomic E-state index is 0.126. The topological polar surface area (TPSA) is 85.7 Å². The molecule has 0 saturated carbocycles. The molecule has 8 heteroatoms. The van der Waals surface area contributed by atoms with Gasteiger partial charge in [-0.25, -0.2) is 4.98 Å². The van der Waals surface area contributed by atoms with Crippen molar-refractivity contribution in [1.82, 2.24) is 9.55 Å². The zero-order valence-corrected chi connectivity index (χ0v) is 15.6. The first-order valence-corrected chi connectivity index (χ1v) is 9.01. The van der Waals surface area contributed by atoms with Crippen molar-refractivity contribution < 1.29 is 14.3 Å². The third-order valence-electron chi connectivity index (χ3n) is 4.17. The van der Waals surface area contributed by atoms with Crippen molar-refractivity contribution in [2.45, 2.75) is 20.4 Å². The number of morpholine rings is 1. The minimum Gasteiger partial charge on any atom is -0.492 e. The summed E-state index contributed by atoms with van der Waals surface area (Å²) in [6.45, 7) is 6.42. The molecule has 0 radical (unpaired) electrons. The molecule has 0 aliphatic carbocycles. The number of nitrogens with zero attached hydrogens (tertiary/aromatic N) is 3. The molecule has 0 unspecified atom stereocenters. The molecule has 1 saturated heterocycles. The van der Waals surface area contributed by atoms with Crippen molar-refractivity contribution in [3.05, 3.63) is 46.4 Å². The van der Waals surface area contributed by atoms with Crippen LogP contribution in [0, 0.1) is 6.92 Å². The number of carbonyl (C=O) groups is 1. The lowest BCUT2D eigenvalue weighted by Crippen LogP contribution is -2.41. The van der Waals surface area contributed by atoms with Crippen molar-refractivity contribution in [3.63, 3.8) is 0 Å². The van der Waals surface area contributed by atoms with Crippen molar-refractivity contribution in [1.29, 1.82) is 0 Å². The normalized spacial score (nSPS) is 14.1. The number of aromatic nitrogens is 2. The van der Waals surface area contributed by atoms with E-state index in [0.29, 0.717) is 56.0 Å². The Morgan fingerprint density at radius 2 is 2.04 bits per heavy atom. The summed E-state index contributed by atoms with van der Waals surface area (Å²) in [5.74, 6) is 0.775. The molecular formula is C19H24N4O4. The summed E-state index contributed by atoms with van der Waals surface area (Å²) in [7, 11) is 0. The number of nitrogens with one attached hydrogen (secondary N) is 1. The van der Waals surface area contributed by atoms with Gasteiger partial charge in [-0.1, -0.05) is 12.1 Å². The number of aryl methyl sites for hydroxylation is 1. The van der Waals surface area contributed by atoms with E-state index in [0.717, 1.165) is 0 Å². The zero-order chi connectivity index (χ0) is 19.2. The first kappa shape index (κ1) is 18.9. The smallest absolute Gasteiger partial charge is 0.255 e. The van der Waals surface area contributed by atoms with Crippen molar-refractivity contribution in [2.75, 3.05) is 43.1 Å². The van der Waals surface area contributed by atoms with Gasteiger partial charge in [0.2, 0.25) is 11.9 Å². The van der Waals surface area contributed by atoms with Gasteiger partial charge in [0, 0.05) is 24.8 Å². The Labute approximate surface area is 157 Å². The molecule has 0 atom stereocenters. The van der Waals surface area contributed by atoms with Gasteiger partial charge in [-0.05, 0) is 26.0 Å². The maximum absolute atomic E-state index is 12.6. The van der Waals surface area contributed by atoms with Crippen LogP contribution in [0.4, 0.5) is 11.6 Å². The average molecular weight is 372 g/mol. The monoisotopic (exact) mass is 372 g/mol. The molecule has 1 aliphatic heterocycles. The Morgan fingerprint density at radius 3 is 2.78 bits per heavy atom. The van der Waals surface area contributed by atoms with Crippen LogP contribution >= 0.6 is 0 Å². The van der Waals surface area contributed by atoms with Gasteiger partial charge in [0.25, 0.3) is 5.56 Å². The number of anilines is 2. The second kappa shape index (κ2) is 8.68. The highest BCUT2D eigenvalue weighted by atomic mass is 16.5.